The summed E-state index contributed by atoms with van der Waals surface area (Å²) in [4.78, 5) is 0. The zero-order chi connectivity index (χ0) is 17.8. The molecule has 26 heavy (non-hydrogen) atoms. The molecule has 1 atom stereocenters. The molecule has 1 fully saturated rings. The van der Waals surface area contributed by atoms with Gasteiger partial charge >= 0.3 is 0 Å². The molecular formula is C21H22FN3O. The quantitative estimate of drug-likeness (QED) is 0.711. The van der Waals surface area contributed by atoms with Gasteiger partial charge in [0.2, 0.25) is 11.8 Å². The summed E-state index contributed by atoms with van der Waals surface area (Å²) < 4.78 is 20.4. The largest absolute Gasteiger partial charge is 0.419 e. The zero-order valence-corrected chi connectivity index (χ0v) is 14.6. The van der Waals surface area contributed by atoms with Crippen molar-refractivity contribution in [1.82, 2.24) is 15.5 Å². The van der Waals surface area contributed by atoms with E-state index in [9.17, 15) is 4.39 Å². The van der Waals surface area contributed by atoms with E-state index in [1.165, 1.54) is 25.3 Å². The van der Waals surface area contributed by atoms with Gasteiger partial charge in [-0.25, -0.2) is 4.39 Å². The van der Waals surface area contributed by atoms with Crippen molar-refractivity contribution in [3.63, 3.8) is 0 Å². The molecule has 0 spiro atoms. The molecule has 2 aromatic carbocycles. The van der Waals surface area contributed by atoms with Crippen molar-refractivity contribution in [2.45, 2.75) is 44.2 Å². The Hall–Kier alpha value is -2.53. The van der Waals surface area contributed by atoms with Gasteiger partial charge in [0.15, 0.2) is 0 Å². The maximum Gasteiger partial charge on any atom is 0.247 e. The highest BCUT2D eigenvalue weighted by Crippen LogP contribution is 2.29. The average molecular weight is 351 g/mol. The van der Waals surface area contributed by atoms with Crippen LogP contribution in [0, 0.1) is 5.82 Å². The van der Waals surface area contributed by atoms with Crippen LogP contribution < -0.4 is 5.32 Å². The summed E-state index contributed by atoms with van der Waals surface area (Å²) in [5.74, 6) is 0.590. The monoisotopic (exact) mass is 351 g/mol. The van der Waals surface area contributed by atoms with Gasteiger partial charge in [0.05, 0.1) is 0 Å². The van der Waals surface area contributed by atoms with E-state index in [1.807, 2.05) is 36.4 Å². The lowest BCUT2D eigenvalue weighted by Crippen LogP contribution is -2.35. The Kier molecular flexibility index (Phi) is 5.07. The smallest absolute Gasteiger partial charge is 0.247 e. The topological polar surface area (TPSA) is 51.0 Å². The molecule has 0 bridgehead atoms. The van der Waals surface area contributed by atoms with Crippen LogP contribution in [-0.2, 0) is 0 Å². The van der Waals surface area contributed by atoms with Crippen LogP contribution in [-0.4, -0.2) is 16.2 Å². The molecule has 0 radical (unpaired) electrons. The molecule has 3 aromatic rings. The van der Waals surface area contributed by atoms with E-state index >= 15 is 0 Å². The summed E-state index contributed by atoms with van der Waals surface area (Å²) in [6, 6.07) is 16.3. The van der Waals surface area contributed by atoms with Crippen molar-refractivity contribution >= 4 is 0 Å². The third kappa shape index (κ3) is 3.68. The standard InChI is InChI=1S/C21H22FN3O/c22-18-14-8-7-13-17(18)19(23-16-11-5-2-6-12-16)21-25-24-20(26-21)15-9-3-1-4-10-15/h1,3-4,7-10,13-14,16,19,23H,2,5-6,11-12H2. The van der Waals surface area contributed by atoms with Gasteiger partial charge < -0.3 is 4.42 Å². The Morgan fingerprint density at radius 1 is 0.923 bits per heavy atom. The van der Waals surface area contributed by atoms with E-state index in [-0.39, 0.29) is 5.82 Å². The van der Waals surface area contributed by atoms with Crippen molar-refractivity contribution in [3.8, 4) is 11.5 Å². The van der Waals surface area contributed by atoms with Crippen LogP contribution in [0.25, 0.3) is 11.5 Å². The molecule has 1 aliphatic carbocycles. The van der Waals surface area contributed by atoms with E-state index in [0.29, 0.717) is 23.4 Å². The zero-order valence-electron chi connectivity index (χ0n) is 14.6. The minimum absolute atomic E-state index is 0.264. The highest BCUT2D eigenvalue weighted by atomic mass is 19.1. The predicted molar refractivity (Wildman–Crippen MR) is 98.0 cm³/mol. The van der Waals surface area contributed by atoms with Crippen LogP contribution >= 0.6 is 0 Å². The molecule has 0 saturated heterocycles. The van der Waals surface area contributed by atoms with Crippen molar-refractivity contribution in [2.24, 2.45) is 0 Å². The van der Waals surface area contributed by atoms with Crippen molar-refractivity contribution in [1.29, 1.82) is 0 Å². The van der Waals surface area contributed by atoms with Crippen LogP contribution in [0.4, 0.5) is 4.39 Å². The number of nitrogens with zero attached hydrogens (tertiary/aromatic N) is 2. The van der Waals surface area contributed by atoms with Gasteiger partial charge in [-0.15, -0.1) is 10.2 Å². The third-order valence-electron chi connectivity index (χ3n) is 4.93. The first kappa shape index (κ1) is 16.9. The van der Waals surface area contributed by atoms with E-state index < -0.39 is 6.04 Å². The van der Waals surface area contributed by atoms with Gasteiger partial charge in [0, 0.05) is 17.2 Å². The Bertz CT molecular complexity index is 843. The number of aromatic nitrogens is 2. The van der Waals surface area contributed by atoms with Crippen LogP contribution in [0.5, 0.6) is 0 Å². The van der Waals surface area contributed by atoms with Gasteiger partial charge in [0.25, 0.3) is 0 Å². The predicted octanol–water partition coefficient (Wildman–Crippen LogP) is 4.89. The molecule has 1 aromatic heterocycles. The lowest BCUT2D eigenvalue weighted by Gasteiger charge is -2.27. The fourth-order valence-electron chi connectivity index (χ4n) is 3.56. The van der Waals surface area contributed by atoms with Gasteiger partial charge in [-0.05, 0) is 31.0 Å². The van der Waals surface area contributed by atoms with Crippen LogP contribution in [0.3, 0.4) is 0 Å². The second-order valence-corrected chi connectivity index (χ2v) is 6.77. The average Bonchev–Trinajstić information content (AvgIpc) is 3.18. The molecule has 0 amide bonds. The third-order valence-corrected chi connectivity index (χ3v) is 4.93. The molecule has 1 saturated carbocycles. The van der Waals surface area contributed by atoms with E-state index in [0.717, 1.165) is 18.4 Å². The van der Waals surface area contributed by atoms with E-state index in [1.54, 1.807) is 12.1 Å². The molecular weight excluding hydrogens is 329 g/mol. The highest BCUT2D eigenvalue weighted by molar-refractivity contribution is 5.51. The summed E-state index contributed by atoms with van der Waals surface area (Å²) in [7, 11) is 0. The van der Waals surface area contributed by atoms with Gasteiger partial charge in [0.1, 0.15) is 11.9 Å². The SMILES string of the molecule is Fc1ccccc1C(NC1CCCCC1)c1nnc(-c2ccccc2)o1. The second kappa shape index (κ2) is 7.79. The fourth-order valence-corrected chi connectivity index (χ4v) is 3.56. The maximum absolute atomic E-state index is 14.5. The molecule has 134 valence electrons. The Morgan fingerprint density at radius 2 is 1.65 bits per heavy atom. The number of halogens is 1. The summed E-state index contributed by atoms with van der Waals surface area (Å²) in [6.07, 6.45) is 5.83. The molecule has 1 unspecified atom stereocenters. The van der Waals surface area contributed by atoms with E-state index in [2.05, 4.69) is 15.5 Å². The molecule has 0 aliphatic heterocycles. The summed E-state index contributed by atoms with van der Waals surface area (Å²) >= 11 is 0. The Morgan fingerprint density at radius 3 is 2.42 bits per heavy atom. The minimum Gasteiger partial charge on any atom is -0.419 e. The fraction of sp³-hybridized carbons (Fsp3) is 0.333. The highest BCUT2D eigenvalue weighted by Gasteiger charge is 2.27. The maximum atomic E-state index is 14.5. The summed E-state index contributed by atoms with van der Waals surface area (Å²) in [6.45, 7) is 0. The van der Waals surface area contributed by atoms with Crippen molar-refractivity contribution in [3.05, 3.63) is 71.9 Å². The molecule has 1 heterocycles. The van der Waals surface area contributed by atoms with Crippen molar-refractivity contribution < 1.29 is 8.81 Å². The number of benzene rings is 2. The first-order chi connectivity index (χ1) is 12.8. The van der Waals surface area contributed by atoms with E-state index in [4.69, 9.17) is 4.42 Å². The number of hydrogen-bond acceptors (Lipinski definition) is 4. The first-order valence-electron chi connectivity index (χ1n) is 9.20. The van der Waals surface area contributed by atoms with Gasteiger partial charge in [-0.3, -0.25) is 5.32 Å². The second-order valence-electron chi connectivity index (χ2n) is 6.77. The normalized spacial score (nSPS) is 16.5. The number of rotatable bonds is 5. The first-order valence-corrected chi connectivity index (χ1v) is 9.20. The van der Waals surface area contributed by atoms with Gasteiger partial charge in [-0.2, -0.15) is 0 Å². The Balaban J connectivity index is 1.66. The molecule has 1 aliphatic rings. The van der Waals surface area contributed by atoms with Crippen LogP contribution in [0.15, 0.2) is 59.0 Å². The Labute approximate surface area is 152 Å². The van der Waals surface area contributed by atoms with Crippen LogP contribution in [0.2, 0.25) is 0 Å². The number of hydrogen-bond donors (Lipinski definition) is 1. The molecule has 5 heteroatoms. The molecule has 4 rings (SSSR count). The molecule has 1 N–H and O–H groups in total. The van der Waals surface area contributed by atoms with Gasteiger partial charge in [-0.1, -0.05) is 55.7 Å². The summed E-state index contributed by atoms with van der Waals surface area (Å²) in [5, 5.41) is 12.0. The van der Waals surface area contributed by atoms with Crippen LogP contribution in [0.1, 0.15) is 49.6 Å². The molecule has 4 nitrogen and oxygen atoms in total. The lowest BCUT2D eigenvalue weighted by molar-refractivity contribution is 0.326. The minimum atomic E-state index is -0.440. The lowest BCUT2D eigenvalue weighted by atomic mass is 9.94. The number of nitrogens with one attached hydrogen (secondary N) is 1. The van der Waals surface area contributed by atoms with Crippen molar-refractivity contribution in [2.75, 3.05) is 0 Å². The summed E-state index contributed by atoms with van der Waals surface area (Å²) in [5.41, 5.74) is 1.40.